The second-order valence-electron chi connectivity index (χ2n) is 6.75. The van der Waals surface area contributed by atoms with Crippen molar-refractivity contribution in [3.63, 3.8) is 0 Å². The topological polar surface area (TPSA) is 58.4 Å². The number of amides is 1. The number of hydrogen-bond acceptors (Lipinski definition) is 4. The van der Waals surface area contributed by atoms with Gasteiger partial charge in [0, 0.05) is 48.6 Å². The summed E-state index contributed by atoms with van der Waals surface area (Å²) in [6, 6.07) is -0.0845. The first-order valence-electron chi connectivity index (χ1n) is 8.41. The normalized spacial score (nSPS) is 26.0. The number of carbonyl (C=O) groups excluding carboxylic acids is 1. The first-order valence-corrected chi connectivity index (χ1v) is 9.57. The van der Waals surface area contributed by atoms with Gasteiger partial charge >= 0.3 is 0 Å². The molecule has 2 unspecified atom stereocenters. The molecule has 4 nitrogen and oxygen atoms in total. The lowest BCUT2D eigenvalue weighted by atomic mass is 9.79. The highest BCUT2D eigenvalue weighted by atomic mass is 32.2. The zero-order valence-corrected chi connectivity index (χ0v) is 14.4. The van der Waals surface area contributed by atoms with Gasteiger partial charge in [-0.2, -0.15) is 11.8 Å². The van der Waals surface area contributed by atoms with Crippen molar-refractivity contribution < 1.29 is 4.79 Å². The molecule has 1 saturated heterocycles. The van der Waals surface area contributed by atoms with Gasteiger partial charge < -0.3 is 11.1 Å². The molecule has 21 heavy (non-hydrogen) atoms. The standard InChI is InChI=1S/C16H31N3OS/c1-13(14(2)17)15(20)18-12-16(6-4-3-5-7-16)19-8-10-21-11-9-19/h13-14H,3-12,17H2,1-2H3,(H,18,20). The first-order chi connectivity index (χ1) is 10.1. The van der Waals surface area contributed by atoms with Crippen LogP contribution in [0.15, 0.2) is 0 Å². The fraction of sp³-hybridized carbons (Fsp3) is 0.938. The Morgan fingerprint density at radius 3 is 2.43 bits per heavy atom. The Hall–Kier alpha value is -0.260. The SMILES string of the molecule is CC(N)C(C)C(=O)NCC1(N2CCSCC2)CCCCC1. The minimum atomic E-state index is -0.109. The highest BCUT2D eigenvalue weighted by Crippen LogP contribution is 2.34. The minimum Gasteiger partial charge on any atom is -0.354 e. The molecule has 2 rings (SSSR count). The Morgan fingerprint density at radius 1 is 1.24 bits per heavy atom. The third-order valence-corrected chi connectivity index (χ3v) is 6.20. The van der Waals surface area contributed by atoms with Crippen molar-refractivity contribution in [2.75, 3.05) is 31.1 Å². The van der Waals surface area contributed by atoms with E-state index >= 15 is 0 Å². The lowest BCUT2D eigenvalue weighted by molar-refractivity contribution is -0.125. The first kappa shape index (κ1) is 17.1. The molecule has 1 aliphatic carbocycles. The van der Waals surface area contributed by atoms with Crippen LogP contribution >= 0.6 is 11.8 Å². The van der Waals surface area contributed by atoms with Crippen molar-refractivity contribution in [3.05, 3.63) is 0 Å². The molecule has 1 aliphatic heterocycles. The lowest BCUT2D eigenvalue weighted by Gasteiger charge is -2.48. The summed E-state index contributed by atoms with van der Waals surface area (Å²) in [6.07, 6.45) is 6.38. The quantitative estimate of drug-likeness (QED) is 0.813. The molecule has 122 valence electrons. The highest BCUT2D eigenvalue weighted by molar-refractivity contribution is 7.99. The van der Waals surface area contributed by atoms with Crippen LogP contribution in [0.25, 0.3) is 0 Å². The van der Waals surface area contributed by atoms with E-state index < -0.39 is 0 Å². The molecule has 1 saturated carbocycles. The Labute approximate surface area is 133 Å². The largest absolute Gasteiger partial charge is 0.354 e. The molecule has 0 aromatic heterocycles. The molecular weight excluding hydrogens is 282 g/mol. The number of nitrogens with two attached hydrogens (primary N) is 1. The third kappa shape index (κ3) is 4.36. The zero-order valence-electron chi connectivity index (χ0n) is 13.6. The molecule has 2 fully saturated rings. The number of hydrogen-bond donors (Lipinski definition) is 2. The predicted molar refractivity (Wildman–Crippen MR) is 90.5 cm³/mol. The summed E-state index contributed by atoms with van der Waals surface area (Å²) in [5.41, 5.74) is 6.05. The second kappa shape index (κ2) is 7.84. The maximum Gasteiger partial charge on any atom is 0.224 e. The van der Waals surface area contributed by atoms with Crippen LogP contribution in [0.1, 0.15) is 46.0 Å². The Kier molecular flexibility index (Phi) is 6.38. The van der Waals surface area contributed by atoms with Crippen molar-refractivity contribution in [1.82, 2.24) is 10.2 Å². The van der Waals surface area contributed by atoms with Crippen LogP contribution in [-0.4, -0.2) is 53.5 Å². The van der Waals surface area contributed by atoms with Gasteiger partial charge in [-0.1, -0.05) is 26.2 Å². The van der Waals surface area contributed by atoms with Crippen LogP contribution in [0, 0.1) is 5.92 Å². The van der Waals surface area contributed by atoms with E-state index in [-0.39, 0.29) is 23.4 Å². The van der Waals surface area contributed by atoms with Crippen molar-refractivity contribution in [2.45, 2.75) is 57.5 Å². The van der Waals surface area contributed by atoms with Crippen molar-refractivity contribution in [1.29, 1.82) is 0 Å². The van der Waals surface area contributed by atoms with Crippen LogP contribution in [0.3, 0.4) is 0 Å². The van der Waals surface area contributed by atoms with Gasteiger partial charge in [-0.05, 0) is 19.8 Å². The smallest absolute Gasteiger partial charge is 0.224 e. The van der Waals surface area contributed by atoms with Gasteiger partial charge in [0.25, 0.3) is 0 Å². The highest BCUT2D eigenvalue weighted by Gasteiger charge is 2.38. The van der Waals surface area contributed by atoms with Crippen LogP contribution in [0.4, 0.5) is 0 Å². The van der Waals surface area contributed by atoms with E-state index in [1.54, 1.807) is 0 Å². The van der Waals surface area contributed by atoms with Crippen LogP contribution in [-0.2, 0) is 4.79 Å². The average Bonchev–Trinajstić information content (AvgIpc) is 2.53. The lowest BCUT2D eigenvalue weighted by Crippen LogP contribution is -2.59. The second-order valence-corrected chi connectivity index (χ2v) is 7.97. The van der Waals surface area contributed by atoms with Crippen molar-refractivity contribution in [3.8, 4) is 0 Å². The van der Waals surface area contributed by atoms with Gasteiger partial charge in [0.15, 0.2) is 0 Å². The Balaban J connectivity index is 1.97. The monoisotopic (exact) mass is 313 g/mol. The third-order valence-electron chi connectivity index (χ3n) is 5.26. The van der Waals surface area contributed by atoms with Crippen LogP contribution < -0.4 is 11.1 Å². The van der Waals surface area contributed by atoms with Crippen LogP contribution in [0.2, 0.25) is 0 Å². The number of nitrogens with zero attached hydrogens (tertiary/aromatic N) is 1. The van der Waals surface area contributed by atoms with E-state index in [0.29, 0.717) is 0 Å². The van der Waals surface area contributed by atoms with E-state index in [1.807, 2.05) is 25.6 Å². The number of carbonyl (C=O) groups is 1. The summed E-state index contributed by atoms with van der Waals surface area (Å²) in [4.78, 5) is 14.9. The molecule has 0 bridgehead atoms. The zero-order chi connectivity index (χ0) is 15.3. The molecule has 0 spiro atoms. The van der Waals surface area contributed by atoms with E-state index in [2.05, 4.69) is 10.2 Å². The molecule has 2 atom stereocenters. The summed E-state index contributed by atoms with van der Waals surface area (Å²) in [7, 11) is 0. The van der Waals surface area contributed by atoms with Crippen molar-refractivity contribution in [2.24, 2.45) is 11.7 Å². The molecule has 0 radical (unpaired) electrons. The van der Waals surface area contributed by atoms with Gasteiger partial charge in [0.05, 0.1) is 0 Å². The Morgan fingerprint density at radius 2 is 1.86 bits per heavy atom. The summed E-state index contributed by atoms with van der Waals surface area (Å²) in [5, 5.41) is 3.20. The van der Waals surface area contributed by atoms with E-state index in [1.165, 1.54) is 56.7 Å². The van der Waals surface area contributed by atoms with E-state index in [4.69, 9.17) is 5.73 Å². The Bertz CT molecular complexity index is 336. The molecule has 3 N–H and O–H groups in total. The maximum absolute atomic E-state index is 12.2. The molecule has 1 heterocycles. The summed E-state index contributed by atoms with van der Waals surface area (Å²) < 4.78 is 0. The molecular formula is C16H31N3OS. The number of nitrogens with one attached hydrogen (secondary N) is 1. The van der Waals surface area contributed by atoms with Gasteiger partial charge in [-0.25, -0.2) is 0 Å². The van der Waals surface area contributed by atoms with Crippen molar-refractivity contribution >= 4 is 17.7 Å². The van der Waals surface area contributed by atoms with Gasteiger partial charge in [0.2, 0.25) is 5.91 Å². The summed E-state index contributed by atoms with van der Waals surface area (Å²) in [5.74, 6) is 2.46. The van der Waals surface area contributed by atoms with E-state index in [0.717, 1.165) is 6.54 Å². The minimum absolute atomic E-state index is 0.0845. The van der Waals surface area contributed by atoms with Crippen LogP contribution in [0.5, 0.6) is 0 Å². The average molecular weight is 314 g/mol. The van der Waals surface area contributed by atoms with Gasteiger partial charge in [0.1, 0.15) is 0 Å². The number of rotatable bonds is 5. The van der Waals surface area contributed by atoms with E-state index in [9.17, 15) is 4.79 Å². The maximum atomic E-state index is 12.2. The predicted octanol–water partition coefficient (Wildman–Crippen LogP) is 1.84. The summed E-state index contributed by atoms with van der Waals surface area (Å²) in [6.45, 7) is 6.97. The number of thioether (sulfide) groups is 1. The molecule has 5 heteroatoms. The summed E-state index contributed by atoms with van der Waals surface area (Å²) >= 11 is 2.05. The molecule has 0 aromatic rings. The van der Waals surface area contributed by atoms with Gasteiger partial charge in [-0.3, -0.25) is 9.69 Å². The fourth-order valence-corrected chi connectivity index (χ4v) is 4.41. The fourth-order valence-electron chi connectivity index (χ4n) is 3.50. The molecule has 2 aliphatic rings. The van der Waals surface area contributed by atoms with Gasteiger partial charge in [-0.15, -0.1) is 0 Å². The molecule has 0 aromatic carbocycles. The molecule has 1 amide bonds.